The van der Waals surface area contributed by atoms with Gasteiger partial charge in [0.25, 0.3) is 5.69 Å². The molecule has 4 aromatic carbocycles. The molecule has 0 saturated heterocycles. The normalized spacial score (nSPS) is 10.2. The van der Waals surface area contributed by atoms with Crippen molar-refractivity contribution in [2.75, 3.05) is 0 Å². The van der Waals surface area contributed by atoms with E-state index in [1.807, 2.05) is 36.4 Å². The highest BCUT2D eigenvalue weighted by molar-refractivity contribution is 5.96. The zero-order chi connectivity index (χ0) is 30.8. The number of benzene rings is 4. The van der Waals surface area contributed by atoms with Gasteiger partial charge in [-0.05, 0) is 90.8 Å². The van der Waals surface area contributed by atoms with E-state index < -0.39 is 10.9 Å². The van der Waals surface area contributed by atoms with Gasteiger partial charge in [0.1, 0.15) is 0 Å². The lowest BCUT2D eigenvalue weighted by atomic mass is 9.95. The van der Waals surface area contributed by atoms with Crippen LogP contribution in [-0.4, -0.2) is 16.0 Å². The van der Waals surface area contributed by atoms with Gasteiger partial charge in [0.2, 0.25) is 0 Å². The van der Waals surface area contributed by atoms with Gasteiger partial charge in [-0.3, -0.25) is 10.1 Å². The molecule has 216 valence electrons. The van der Waals surface area contributed by atoms with E-state index in [1.165, 1.54) is 40.0 Å². The Kier molecular flexibility index (Phi) is 11.0. The Hall–Kier alpha value is -4.97. The Bertz CT molecular complexity index is 1600. The van der Waals surface area contributed by atoms with Crippen LogP contribution in [0, 0.1) is 17.0 Å². The molecule has 6 heteroatoms. The van der Waals surface area contributed by atoms with Crippen LogP contribution in [0.15, 0.2) is 103 Å². The van der Waals surface area contributed by atoms with Crippen LogP contribution in [0.1, 0.15) is 65.9 Å². The number of rotatable bonds is 9. The van der Waals surface area contributed by atoms with Crippen LogP contribution in [-0.2, 0) is 13.0 Å². The Morgan fingerprint density at radius 3 is 2.07 bits per heavy atom. The van der Waals surface area contributed by atoms with E-state index >= 15 is 0 Å². The molecular weight excluding hydrogens is 524 g/mol. The molecule has 0 atom stereocenters. The smallest absolute Gasteiger partial charge is 0.336 e. The van der Waals surface area contributed by atoms with Crippen molar-refractivity contribution in [2.45, 2.75) is 47.6 Å². The monoisotopic (exact) mass is 562 g/mol. The van der Waals surface area contributed by atoms with Crippen LogP contribution in [0.5, 0.6) is 0 Å². The van der Waals surface area contributed by atoms with Crippen LogP contribution in [0.4, 0.5) is 5.69 Å². The molecule has 0 bridgehead atoms. The summed E-state index contributed by atoms with van der Waals surface area (Å²) in [4.78, 5) is 21.4. The number of carboxylic acids is 1. The number of aromatic carboxylic acids is 1. The van der Waals surface area contributed by atoms with Gasteiger partial charge in [0.05, 0.1) is 10.5 Å². The van der Waals surface area contributed by atoms with Gasteiger partial charge in [-0.15, -0.1) is 0 Å². The number of hydrogen-bond acceptors (Lipinski definition) is 4. The highest BCUT2D eigenvalue weighted by Crippen LogP contribution is 2.26. The molecule has 6 nitrogen and oxygen atoms in total. The van der Waals surface area contributed by atoms with Crippen molar-refractivity contribution >= 4 is 22.9 Å². The van der Waals surface area contributed by atoms with Crippen molar-refractivity contribution < 1.29 is 14.8 Å². The minimum Gasteiger partial charge on any atom is -0.478 e. The van der Waals surface area contributed by atoms with E-state index in [0.717, 1.165) is 34.4 Å². The summed E-state index contributed by atoms with van der Waals surface area (Å²) in [5, 5.41) is 23.1. The molecule has 0 aromatic heterocycles. The minimum absolute atomic E-state index is 0.1000. The van der Waals surface area contributed by atoms with E-state index in [1.54, 1.807) is 24.3 Å². The summed E-state index contributed by atoms with van der Waals surface area (Å²) < 4.78 is 0. The van der Waals surface area contributed by atoms with Gasteiger partial charge >= 0.3 is 5.97 Å². The van der Waals surface area contributed by atoms with E-state index in [4.69, 9.17) is 5.11 Å². The SMILES string of the molecule is C=C(NCc1ccc([N+](=O)[O-])cc1)c1ccc(C)c(C(C)=C(C)C)c1.CCc1ccc(-c2ccccc2C(=O)O)cc1. The minimum atomic E-state index is -0.889. The van der Waals surface area contributed by atoms with E-state index in [0.29, 0.717) is 12.1 Å². The Balaban J connectivity index is 0.000000247. The number of aryl methyl sites for hydroxylation is 2. The van der Waals surface area contributed by atoms with E-state index in [9.17, 15) is 14.9 Å². The van der Waals surface area contributed by atoms with Crippen molar-refractivity contribution in [3.05, 3.63) is 147 Å². The van der Waals surface area contributed by atoms with Crippen molar-refractivity contribution in [2.24, 2.45) is 0 Å². The van der Waals surface area contributed by atoms with Gasteiger partial charge in [-0.2, -0.15) is 0 Å². The topological polar surface area (TPSA) is 92.5 Å². The molecule has 0 heterocycles. The van der Waals surface area contributed by atoms with Crippen molar-refractivity contribution in [1.29, 1.82) is 0 Å². The number of hydrogen-bond donors (Lipinski definition) is 2. The Morgan fingerprint density at radius 2 is 1.50 bits per heavy atom. The molecule has 42 heavy (non-hydrogen) atoms. The number of carboxylic acid groups (broad SMARTS) is 1. The molecule has 0 saturated carbocycles. The molecular formula is C36H38N2O4. The summed E-state index contributed by atoms with van der Waals surface area (Å²) in [7, 11) is 0. The van der Waals surface area contributed by atoms with Gasteiger partial charge in [0.15, 0.2) is 0 Å². The molecule has 0 amide bonds. The molecule has 4 aromatic rings. The van der Waals surface area contributed by atoms with Gasteiger partial charge in [-0.1, -0.05) is 85.8 Å². The van der Waals surface area contributed by atoms with Crippen LogP contribution < -0.4 is 5.32 Å². The highest BCUT2D eigenvalue weighted by atomic mass is 16.6. The van der Waals surface area contributed by atoms with E-state index in [-0.39, 0.29) is 5.69 Å². The lowest BCUT2D eigenvalue weighted by Crippen LogP contribution is -2.11. The van der Waals surface area contributed by atoms with Gasteiger partial charge in [0, 0.05) is 24.4 Å². The third-order valence-electron chi connectivity index (χ3n) is 7.22. The number of carbonyl (C=O) groups is 1. The molecule has 0 fully saturated rings. The highest BCUT2D eigenvalue weighted by Gasteiger charge is 2.10. The molecule has 2 N–H and O–H groups in total. The van der Waals surface area contributed by atoms with Crippen molar-refractivity contribution in [3.63, 3.8) is 0 Å². The Morgan fingerprint density at radius 1 is 0.881 bits per heavy atom. The third kappa shape index (κ3) is 8.27. The largest absolute Gasteiger partial charge is 0.478 e. The molecule has 0 spiro atoms. The summed E-state index contributed by atoms with van der Waals surface area (Å²) in [5.41, 5.74) is 11.3. The molecule has 0 aliphatic heterocycles. The maximum atomic E-state index is 11.1. The first-order chi connectivity index (χ1) is 20.0. The first kappa shape index (κ1) is 31.6. The fourth-order valence-electron chi connectivity index (χ4n) is 4.37. The summed E-state index contributed by atoms with van der Waals surface area (Å²) in [6.07, 6.45) is 0.987. The molecule has 0 aliphatic carbocycles. The summed E-state index contributed by atoms with van der Waals surface area (Å²) in [6.45, 7) is 15.3. The maximum absolute atomic E-state index is 11.1. The van der Waals surface area contributed by atoms with Crippen LogP contribution in [0.2, 0.25) is 0 Å². The zero-order valence-corrected chi connectivity index (χ0v) is 24.9. The second-order valence-electron chi connectivity index (χ2n) is 10.3. The van der Waals surface area contributed by atoms with Gasteiger partial charge in [-0.25, -0.2) is 4.79 Å². The number of non-ortho nitro benzene ring substituents is 1. The molecule has 4 rings (SSSR count). The Labute approximate surface area is 248 Å². The van der Waals surface area contributed by atoms with Crippen LogP contribution in [0.3, 0.4) is 0 Å². The first-order valence-electron chi connectivity index (χ1n) is 13.8. The average Bonchev–Trinajstić information content (AvgIpc) is 3.00. The maximum Gasteiger partial charge on any atom is 0.336 e. The van der Waals surface area contributed by atoms with Gasteiger partial charge < -0.3 is 10.4 Å². The average molecular weight is 563 g/mol. The van der Waals surface area contributed by atoms with Crippen LogP contribution in [0.25, 0.3) is 22.4 Å². The lowest BCUT2D eigenvalue weighted by Gasteiger charge is -2.14. The number of nitrogens with one attached hydrogen (secondary N) is 1. The fraction of sp³-hybridized carbons (Fsp3) is 0.194. The number of nitro benzene ring substituents is 1. The number of allylic oxidation sites excluding steroid dienone is 2. The molecule has 0 unspecified atom stereocenters. The van der Waals surface area contributed by atoms with Crippen molar-refractivity contribution in [3.8, 4) is 11.1 Å². The molecule has 0 radical (unpaired) electrons. The second-order valence-corrected chi connectivity index (χ2v) is 10.3. The summed E-state index contributed by atoms with van der Waals surface area (Å²) in [6, 6.07) is 27.9. The summed E-state index contributed by atoms with van der Waals surface area (Å²) >= 11 is 0. The predicted octanol–water partition coefficient (Wildman–Crippen LogP) is 9.09. The van der Waals surface area contributed by atoms with Crippen LogP contribution >= 0.6 is 0 Å². The second kappa shape index (κ2) is 14.6. The predicted molar refractivity (Wildman–Crippen MR) is 172 cm³/mol. The zero-order valence-electron chi connectivity index (χ0n) is 24.9. The molecule has 0 aliphatic rings. The lowest BCUT2D eigenvalue weighted by molar-refractivity contribution is -0.384. The number of nitro groups is 1. The summed E-state index contributed by atoms with van der Waals surface area (Å²) in [5.74, 6) is -0.889. The van der Waals surface area contributed by atoms with Crippen molar-refractivity contribution in [1.82, 2.24) is 5.32 Å². The standard InChI is InChI=1S/C21H24N2O2.C15H14O2/c1-14(2)16(4)21-12-19(9-6-15(21)3)17(5)22-13-18-7-10-20(11-8-18)23(24)25;1-2-11-7-9-12(10-8-11)13-5-3-4-6-14(13)15(16)17/h6-12,22H,5,13H2,1-4H3;3-10H,2H2,1H3,(H,16,17). The fourth-order valence-corrected chi connectivity index (χ4v) is 4.37. The van der Waals surface area contributed by atoms with E-state index in [2.05, 4.69) is 64.7 Å². The number of nitrogens with zero attached hydrogens (tertiary/aromatic N) is 1. The first-order valence-corrected chi connectivity index (χ1v) is 13.8. The third-order valence-corrected chi connectivity index (χ3v) is 7.22. The quantitative estimate of drug-likeness (QED) is 0.157.